The molecule has 0 aromatic carbocycles. The Balaban J connectivity index is 0. The van der Waals surface area contributed by atoms with Crippen LogP contribution in [0.5, 0.6) is 0 Å². The summed E-state index contributed by atoms with van der Waals surface area (Å²) in [7, 11) is 0. The smallest absolute Gasteiger partial charge is 0.337 e. The van der Waals surface area contributed by atoms with Crippen LogP contribution in [0, 0.1) is 5.41 Å². The Morgan fingerprint density at radius 3 is 1.45 bits per heavy atom. The number of unbranched alkanes of at least 4 members (excludes halogenated alkanes) is 2. The van der Waals surface area contributed by atoms with Gasteiger partial charge in [-0.15, -0.1) is 0 Å². The van der Waals surface area contributed by atoms with Gasteiger partial charge in [0.05, 0.1) is 18.6 Å². The second-order valence-electron chi connectivity index (χ2n) is 6.36. The molecule has 0 aromatic rings. The maximum atomic E-state index is 10.9. The SMILES string of the molecule is C=CC(=O)OC(=CCCCC)OC(=O)C=C.C=CC(=O)OCC(CO)(CO)COC(=O)C=C. The molecular weight excluding hydrogens is 436 g/mol. The first kappa shape index (κ1) is 31.7. The van der Waals surface area contributed by atoms with Gasteiger partial charge in [-0.25, -0.2) is 19.2 Å². The van der Waals surface area contributed by atoms with Crippen molar-refractivity contribution in [3.8, 4) is 0 Å². The van der Waals surface area contributed by atoms with Crippen LogP contribution in [0.4, 0.5) is 0 Å². The standard InChI is InChI=1S/C12H16O4.C11H16O6/c1-4-7-8-9-12(15-10(13)5-2)16-11(14)6-3;1-3-9(14)16-7-11(5-12,6-13)8-17-10(15)4-2/h5-6,9H,2-4,7-8H2,1H3;3-4,12-13H,1-2,5-8H2. The zero-order valence-electron chi connectivity index (χ0n) is 18.8. The quantitative estimate of drug-likeness (QED) is 0.120. The number of carbonyl (C=O) groups excluding carboxylic acids is 4. The number of hydrogen-bond acceptors (Lipinski definition) is 10. The van der Waals surface area contributed by atoms with E-state index in [1.807, 2.05) is 6.92 Å². The number of aliphatic hydroxyl groups excluding tert-OH is 2. The minimum Gasteiger partial charge on any atom is -0.462 e. The van der Waals surface area contributed by atoms with E-state index < -0.39 is 42.5 Å². The van der Waals surface area contributed by atoms with E-state index in [2.05, 4.69) is 26.3 Å². The molecule has 0 fully saturated rings. The number of ether oxygens (including phenoxy) is 4. The lowest BCUT2D eigenvalue weighted by Crippen LogP contribution is -2.40. The third-order valence-corrected chi connectivity index (χ3v) is 3.65. The molecule has 0 unspecified atom stereocenters. The molecule has 10 heteroatoms. The van der Waals surface area contributed by atoms with Crippen LogP contribution in [0.2, 0.25) is 0 Å². The third kappa shape index (κ3) is 15.9. The Bertz CT molecular complexity index is 667. The zero-order chi connectivity index (χ0) is 25.7. The van der Waals surface area contributed by atoms with Gasteiger partial charge in [-0.3, -0.25) is 0 Å². The normalized spacial score (nSPS) is 9.67. The van der Waals surface area contributed by atoms with Gasteiger partial charge in [0, 0.05) is 24.3 Å². The van der Waals surface area contributed by atoms with E-state index in [0.29, 0.717) is 6.42 Å². The number of aliphatic hydroxyl groups is 2. The van der Waals surface area contributed by atoms with Crippen LogP contribution >= 0.6 is 0 Å². The third-order valence-electron chi connectivity index (χ3n) is 3.65. The van der Waals surface area contributed by atoms with E-state index in [-0.39, 0.29) is 19.2 Å². The van der Waals surface area contributed by atoms with Crippen molar-refractivity contribution in [1.29, 1.82) is 0 Å². The Kier molecular flexibility index (Phi) is 18.4. The van der Waals surface area contributed by atoms with Gasteiger partial charge in [0.25, 0.3) is 5.95 Å². The number of allylic oxidation sites excluding steroid dienone is 1. The van der Waals surface area contributed by atoms with Crippen molar-refractivity contribution in [3.63, 3.8) is 0 Å². The van der Waals surface area contributed by atoms with E-state index in [9.17, 15) is 19.2 Å². The van der Waals surface area contributed by atoms with Gasteiger partial charge in [-0.05, 0) is 18.9 Å². The highest BCUT2D eigenvalue weighted by molar-refractivity contribution is 5.84. The van der Waals surface area contributed by atoms with Crippen molar-refractivity contribution in [2.45, 2.75) is 26.2 Å². The summed E-state index contributed by atoms with van der Waals surface area (Å²) in [5, 5.41) is 18.3. The summed E-state index contributed by atoms with van der Waals surface area (Å²) in [6, 6.07) is 0. The van der Waals surface area contributed by atoms with Gasteiger partial charge in [-0.1, -0.05) is 39.7 Å². The molecule has 0 aliphatic heterocycles. The second-order valence-corrected chi connectivity index (χ2v) is 6.36. The minimum atomic E-state index is -1.22. The lowest BCUT2D eigenvalue weighted by molar-refractivity contribution is -0.153. The zero-order valence-corrected chi connectivity index (χ0v) is 18.8. The Hall–Kier alpha value is -3.50. The van der Waals surface area contributed by atoms with E-state index in [1.54, 1.807) is 6.08 Å². The molecule has 0 saturated heterocycles. The Morgan fingerprint density at radius 1 is 0.758 bits per heavy atom. The van der Waals surface area contributed by atoms with Crippen LogP contribution in [0.3, 0.4) is 0 Å². The van der Waals surface area contributed by atoms with Crippen LogP contribution in [0.25, 0.3) is 0 Å². The monoisotopic (exact) mass is 468 g/mol. The molecule has 33 heavy (non-hydrogen) atoms. The Labute approximate surface area is 193 Å². The highest BCUT2D eigenvalue weighted by Gasteiger charge is 2.32. The molecule has 0 heterocycles. The molecule has 0 amide bonds. The molecule has 0 atom stereocenters. The number of carbonyl (C=O) groups is 4. The fourth-order valence-electron chi connectivity index (χ4n) is 1.65. The van der Waals surface area contributed by atoms with Crippen LogP contribution in [0.15, 0.2) is 62.6 Å². The lowest BCUT2D eigenvalue weighted by Gasteiger charge is -2.27. The van der Waals surface area contributed by atoms with E-state index >= 15 is 0 Å². The van der Waals surface area contributed by atoms with Gasteiger partial charge in [-0.2, -0.15) is 0 Å². The molecule has 184 valence electrons. The molecule has 0 aliphatic carbocycles. The topological polar surface area (TPSA) is 146 Å². The fourth-order valence-corrected chi connectivity index (χ4v) is 1.65. The molecule has 0 rings (SSSR count). The predicted molar refractivity (Wildman–Crippen MR) is 119 cm³/mol. The molecule has 0 spiro atoms. The summed E-state index contributed by atoms with van der Waals surface area (Å²) in [6.07, 6.45) is 8.03. The molecule has 0 aliphatic rings. The molecule has 0 radical (unpaired) electrons. The van der Waals surface area contributed by atoms with Gasteiger partial charge in [0.1, 0.15) is 13.2 Å². The van der Waals surface area contributed by atoms with E-state index in [1.165, 1.54) is 0 Å². The van der Waals surface area contributed by atoms with Crippen LogP contribution < -0.4 is 0 Å². The first-order valence-electron chi connectivity index (χ1n) is 9.86. The molecule has 0 saturated carbocycles. The van der Waals surface area contributed by atoms with Crippen molar-refractivity contribution < 1.29 is 48.3 Å². The maximum Gasteiger partial charge on any atom is 0.337 e. The molecular formula is C23H32O10. The van der Waals surface area contributed by atoms with Crippen LogP contribution in [0.1, 0.15) is 26.2 Å². The summed E-state index contributed by atoms with van der Waals surface area (Å²) in [5.74, 6) is -2.83. The highest BCUT2D eigenvalue weighted by atomic mass is 16.7. The van der Waals surface area contributed by atoms with Gasteiger partial charge < -0.3 is 29.2 Å². The van der Waals surface area contributed by atoms with Crippen molar-refractivity contribution in [2.75, 3.05) is 26.4 Å². The van der Waals surface area contributed by atoms with Crippen molar-refractivity contribution >= 4 is 23.9 Å². The number of rotatable bonds is 15. The fraction of sp³-hybridized carbons (Fsp3) is 0.391. The van der Waals surface area contributed by atoms with Crippen molar-refractivity contribution in [3.05, 3.63) is 62.6 Å². The lowest BCUT2D eigenvalue weighted by atomic mass is 9.92. The number of hydrogen-bond donors (Lipinski definition) is 2. The minimum absolute atomic E-state index is 0.122. The van der Waals surface area contributed by atoms with Gasteiger partial charge >= 0.3 is 23.9 Å². The predicted octanol–water partition coefficient (Wildman–Crippen LogP) is 1.89. The van der Waals surface area contributed by atoms with Crippen molar-refractivity contribution in [2.24, 2.45) is 5.41 Å². The first-order chi connectivity index (χ1) is 15.7. The Morgan fingerprint density at radius 2 is 1.15 bits per heavy atom. The van der Waals surface area contributed by atoms with Gasteiger partial charge in [0.2, 0.25) is 0 Å². The maximum absolute atomic E-state index is 10.9. The largest absolute Gasteiger partial charge is 0.462 e. The molecule has 0 bridgehead atoms. The molecule has 10 nitrogen and oxygen atoms in total. The molecule has 2 N–H and O–H groups in total. The number of esters is 4. The highest BCUT2D eigenvalue weighted by Crippen LogP contribution is 2.17. The van der Waals surface area contributed by atoms with Gasteiger partial charge in [0.15, 0.2) is 0 Å². The summed E-state index contributed by atoms with van der Waals surface area (Å²) in [4.78, 5) is 43.6. The summed E-state index contributed by atoms with van der Waals surface area (Å²) in [6.45, 7) is 13.4. The van der Waals surface area contributed by atoms with E-state index in [0.717, 1.165) is 37.1 Å². The summed E-state index contributed by atoms with van der Waals surface area (Å²) >= 11 is 0. The molecule has 0 aromatic heterocycles. The van der Waals surface area contributed by atoms with Crippen molar-refractivity contribution in [1.82, 2.24) is 0 Å². The van der Waals surface area contributed by atoms with Crippen LogP contribution in [-0.2, 0) is 38.1 Å². The average Bonchev–Trinajstić information content (AvgIpc) is 2.84. The van der Waals surface area contributed by atoms with E-state index in [4.69, 9.17) is 29.2 Å². The van der Waals surface area contributed by atoms with Crippen LogP contribution in [-0.4, -0.2) is 60.5 Å². The summed E-state index contributed by atoms with van der Waals surface area (Å²) in [5.41, 5.74) is -1.22. The second kappa shape index (κ2) is 19.2. The average molecular weight is 468 g/mol. The summed E-state index contributed by atoms with van der Waals surface area (Å²) < 4.78 is 18.9. The first-order valence-corrected chi connectivity index (χ1v) is 9.86.